The SMILES string of the molecule is Cc1ccc(CNCCOc2ccc(Cl)c(C)c2)s1. The molecule has 1 N–H and O–H groups in total. The first-order valence-electron chi connectivity index (χ1n) is 6.30. The number of ether oxygens (including phenoxy) is 1. The normalized spacial score (nSPS) is 10.7. The molecule has 0 aliphatic carbocycles. The lowest BCUT2D eigenvalue weighted by molar-refractivity contribution is 0.313. The standard InChI is InChI=1S/C15H18ClNOS/c1-11-9-13(4-6-15(11)16)18-8-7-17-10-14-5-3-12(2)19-14/h3-6,9,17H,7-8,10H2,1-2H3. The van der Waals surface area contributed by atoms with E-state index in [1.54, 1.807) is 0 Å². The second-order valence-electron chi connectivity index (χ2n) is 4.45. The summed E-state index contributed by atoms with van der Waals surface area (Å²) in [5, 5.41) is 4.15. The molecule has 0 aliphatic rings. The minimum absolute atomic E-state index is 0.658. The summed E-state index contributed by atoms with van der Waals surface area (Å²) < 4.78 is 5.67. The molecule has 2 rings (SSSR count). The summed E-state index contributed by atoms with van der Waals surface area (Å²) in [6.07, 6.45) is 0. The van der Waals surface area contributed by atoms with E-state index in [9.17, 15) is 0 Å². The van der Waals surface area contributed by atoms with Gasteiger partial charge in [-0.2, -0.15) is 0 Å². The fourth-order valence-electron chi connectivity index (χ4n) is 1.74. The predicted molar refractivity (Wildman–Crippen MR) is 82.4 cm³/mol. The van der Waals surface area contributed by atoms with Crippen molar-refractivity contribution < 1.29 is 4.74 Å². The highest BCUT2D eigenvalue weighted by atomic mass is 35.5. The molecule has 0 amide bonds. The van der Waals surface area contributed by atoms with Crippen LogP contribution in [-0.2, 0) is 6.54 Å². The highest BCUT2D eigenvalue weighted by molar-refractivity contribution is 7.11. The van der Waals surface area contributed by atoms with Crippen LogP contribution in [0.1, 0.15) is 15.3 Å². The van der Waals surface area contributed by atoms with Gasteiger partial charge in [0.15, 0.2) is 0 Å². The Morgan fingerprint density at radius 3 is 2.74 bits per heavy atom. The summed E-state index contributed by atoms with van der Waals surface area (Å²) in [6.45, 7) is 6.50. The predicted octanol–water partition coefficient (Wildman–Crippen LogP) is 4.19. The van der Waals surface area contributed by atoms with Gasteiger partial charge in [0.1, 0.15) is 12.4 Å². The van der Waals surface area contributed by atoms with E-state index in [-0.39, 0.29) is 0 Å². The molecule has 0 saturated carbocycles. The van der Waals surface area contributed by atoms with Gasteiger partial charge < -0.3 is 10.1 Å². The van der Waals surface area contributed by atoms with Gasteiger partial charge in [-0.05, 0) is 49.7 Å². The number of thiophene rings is 1. The largest absolute Gasteiger partial charge is 0.492 e. The second kappa shape index (κ2) is 6.94. The number of hydrogen-bond donors (Lipinski definition) is 1. The third kappa shape index (κ3) is 4.53. The zero-order valence-corrected chi connectivity index (χ0v) is 12.8. The van der Waals surface area contributed by atoms with E-state index >= 15 is 0 Å². The molecule has 1 aromatic carbocycles. The lowest BCUT2D eigenvalue weighted by Crippen LogP contribution is -2.20. The number of hydrogen-bond acceptors (Lipinski definition) is 3. The third-order valence-electron chi connectivity index (χ3n) is 2.77. The summed E-state index contributed by atoms with van der Waals surface area (Å²) in [5.41, 5.74) is 1.04. The number of nitrogens with one attached hydrogen (secondary N) is 1. The Labute approximate surface area is 123 Å². The van der Waals surface area contributed by atoms with Crippen molar-refractivity contribution in [1.29, 1.82) is 0 Å². The maximum atomic E-state index is 5.97. The van der Waals surface area contributed by atoms with Crippen molar-refractivity contribution in [3.8, 4) is 5.75 Å². The van der Waals surface area contributed by atoms with Crippen LogP contribution < -0.4 is 10.1 Å². The molecular weight excluding hydrogens is 278 g/mol. The van der Waals surface area contributed by atoms with Gasteiger partial charge in [0, 0.05) is 27.9 Å². The van der Waals surface area contributed by atoms with E-state index < -0.39 is 0 Å². The van der Waals surface area contributed by atoms with E-state index in [0.29, 0.717) is 6.61 Å². The molecule has 2 nitrogen and oxygen atoms in total. The molecule has 102 valence electrons. The summed E-state index contributed by atoms with van der Waals surface area (Å²) in [4.78, 5) is 2.71. The molecule has 19 heavy (non-hydrogen) atoms. The lowest BCUT2D eigenvalue weighted by atomic mass is 10.2. The second-order valence-corrected chi connectivity index (χ2v) is 6.23. The quantitative estimate of drug-likeness (QED) is 0.807. The molecule has 0 spiro atoms. The van der Waals surface area contributed by atoms with Crippen molar-refractivity contribution in [2.24, 2.45) is 0 Å². The molecule has 0 fully saturated rings. The molecule has 0 atom stereocenters. The average Bonchev–Trinajstić information content (AvgIpc) is 2.79. The molecular formula is C15H18ClNOS. The van der Waals surface area contributed by atoms with E-state index in [4.69, 9.17) is 16.3 Å². The highest BCUT2D eigenvalue weighted by Crippen LogP contribution is 2.20. The summed E-state index contributed by atoms with van der Waals surface area (Å²) in [7, 11) is 0. The van der Waals surface area contributed by atoms with Crippen molar-refractivity contribution in [3.63, 3.8) is 0 Å². The van der Waals surface area contributed by atoms with Crippen LogP contribution in [-0.4, -0.2) is 13.2 Å². The monoisotopic (exact) mass is 295 g/mol. The van der Waals surface area contributed by atoms with E-state index in [2.05, 4.69) is 24.4 Å². The summed E-state index contributed by atoms with van der Waals surface area (Å²) in [5.74, 6) is 0.871. The number of benzene rings is 1. The molecule has 0 saturated heterocycles. The fourth-order valence-corrected chi connectivity index (χ4v) is 2.72. The van der Waals surface area contributed by atoms with Crippen molar-refractivity contribution in [2.75, 3.05) is 13.2 Å². The first-order chi connectivity index (χ1) is 9.15. The molecule has 0 radical (unpaired) electrons. The van der Waals surface area contributed by atoms with Crippen LogP contribution in [0.15, 0.2) is 30.3 Å². The van der Waals surface area contributed by atoms with Gasteiger partial charge in [-0.1, -0.05) is 11.6 Å². The van der Waals surface area contributed by atoms with Crippen LogP contribution in [0.2, 0.25) is 5.02 Å². The Hall–Kier alpha value is -1.03. The van der Waals surface area contributed by atoms with Gasteiger partial charge in [0.25, 0.3) is 0 Å². The number of halogens is 1. The number of rotatable bonds is 6. The van der Waals surface area contributed by atoms with Crippen LogP contribution >= 0.6 is 22.9 Å². The maximum Gasteiger partial charge on any atom is 0.119 e. The molecule has 0 unspecified atom stereocenters. The Kier molecular flexibility index (Phi) is 5.25. The Morgan fingerprint density at radius 1 is 1.21 bits per heavy atom. The first-order valence-corrected chi connectivity index (χ1v) is 7.49. The molecule has 2 aromatic rings. The minimum atomic E-state index is 0.658. The lowest BCUT2D eigenvalue weighted by Gasteiger charge is -2.08. The third-order valence-corrected chi connectivity index (χ3v) is 4.20. The number of aryl methyl sites for hydroxylation is 2. The van der Waals surface area contributed by atoms with Gasteiger partial charge in [0.2, 0.25) is 0 Å². The van der Waals surface area contributed by atoms with Gasteiger partial charge in [0.05, 0.1) is 0 Å². The maximum absolute atomic E-state index is 5.97. The zero-order valence-electron chi connectivity index (χ0n) is 11.2. The average molecular weight is 296 g/mol. The minimum Gasteiger partial charge on any atom is -0.492 e. The van der Waals surface area contributed by atoms with Crippen LogP contribution in [0.25, 0.3) is 0 Å². The Morgan fingerprint density at radius 2 is 2.05 bits per heavy atom. The van der Waals surface area contributed by atoms with Crippen molar-refractivity contribution in [2.45, 2.75) is 20.4 Å². The van der Waals surface area contributed by atoms with E-state index in [0.717, 1.165) is 29.4 Å². The Balaban J connectivity index is 1.67. The fraction of sp³-hybridized carbons (Fsp3) is 0.333. The van der Waals surface area contributed by atoms with Gasteiger partial charge in [-0.25, -0.2) is 0 Å². The molecule has 1 aromatic heterocycles. The van der Waals surface area contributed by atoms with Crippen LogP contribution in [0.5, 0.6) is 5.75 Å². The smallest absolute Gasteiger partial charge is 0.119 e. The van der Waals surface area contributed by atoms with Gasteiger partial charge in [-0.15, -0.1) is 11.3 Å². The zero-order chi connectivity index (χ0) is 13.7. The molecule has 4 heteroatoms. The summed E-state index contributed by atoms with van der Waals surface area (Å²) in [6, 6.07) is 10.0. The van der Waals surface area contributed by atoms with Crippen molar-refractivity contribution >= 4 is 22.9 Å². The van der Waals surface area contributed by atoms with Crippen LogP contribution in [0.4, 0.5) is 0 Å². The first kappa shape index (κ1) is 14.4. The topological polar surface area (TPSA) is 21.3 Å². The molecule has 1 heterocycles. The van der Waals surface area contributed by atoms with Gasteiger partial charge in [-0.3, -0.25) is 0 Å². The molecule has 0 bridgehead atoms. The van der Waals surface area contributed by atoms with Gasteiger partial charge >= 0.3 is 0 Å². The highest BCUT2D eigenvalue weighted by Gasteiger charge is 1.99. The van der Waals surface area contributed by atoms with E-state index in [1.165, 1.54) is 9.75 Å². The molecule has 0 aliphatic heterocycles. The van der Waals surface area contributed by atoms with Crippen LogP contribution in [0.3, 0.4) is 0 Å². The Bertz CT molecular complexity index is 539. The van der Waals surface area contributed by atoms with Crippen LogP contribution in [0, 0.1) is 13.8 Å². The van der Waals surface area contributed by atoms with Crippen molar-refractivity contribution in [3.05, 3.63) is 50.7 Å². The summed E-state index contributed by atoms with van der Waals surface area (Å²) >= 11 is 7.80. The van der Waals surface area contributed by atoms with E-state index in [1.807, 2.05) is 36.5 Å². The van der Waals surface area contributed by atoms with Crippen molar-refractivity contribution in [1.82, 2.24) is 5.32 Å².